The summed E-state index contributed by atoms with van der Waals surface area (Å²) in [5.74, 6) is -1.32. The van der Waals surface area contributed by atoms with Gasteiger partial charge in [0.2, 0.25) is 5.91 Å². The van der Waals surface area contributed by atoms with Gasteiger partial charge in [-0.05, 0) is 31.0 Å². The van der Waals surface area contributed by atoms with E-state index >= 15 is 0 Å². The van der Waals surface area contributed by atoms with Gasteiger partial charge in [0, 0.05) is 12.1 Å². The van der Waals surface area contributed by atoms with Gasteiger partial charge in [0.05, 0.1) is 10.6 Å². The van der Waals surface area contributed by atoms with Crippen molar-refractivity contribution in [2.75, 3.05) is 6.54 Å². The Kier molecular flexibility index (Phi) is 4.13. The van der Waals surface area contributed by atoms with Crippen molar-refractivity contribution in [3.05, 3.63) is 34.3 Å². The zero-order chi connectivity index (χ0) is 15.8. The normalized spacial score (nSPS) is 18.9. The number of alkyl halides is 3. The van der Waals surface area contributed by atoms with Gasteiger partial charge in [0.1, 0.15) is 6.04 Å². The van der Waals surface area contributed by atoms with Crippen LogP contribution < -0.4 is 5.73 Å². The molecule has 0 unspecified atom stereocenters. The van der Waals surface area contributed by atoms with E-state index < -0.39 is 34.6 Å². The summed E-state index contributed by atoms with van der Waals surface area (Å²) in [5.41, 5.74) is 3.95. The maximum Gasteiger partial charge on any atom is 0.417 e. The Hall–Kier alpha value is -1.76. The van der Waals surface area contributed by atoms with Gasteiger partial charge in [-0.15, -0.1) is 0 Å². The van der Waals surface area contributed by atoms with Gasteiger partial charge in [-0.2, -0.15) is 13.2 Å². The molecule has 8 heteroatoms. The Morgan fingerprint density at radius 1 is 1.33 bits per heavy atom. The topological polar surface area (TPSA) is 63.4 Å². The molecule has 4 nitrogen and oxygen atoms in total. The van der Waals surface area contributed by atoms with Crippen LogP contribution in [0.25, 0.3) is 0 Å². The highest BCUT2D eigenvalue weighted by atomic mass is 35.5. The lowest BCUT2D eigenvalue weighted by atomic mass is 10.1. The number of halogens is 4. The molecule has 0 bridgehead atoms. The summed E-state index contributed by atoms with van der Waals surface area (Å²) in [7, 11) is 0. The van der Waals surface area contributed by atoms with Gasteiger partial charge in [-0.1, -0.05) is 11.6 Å². The van der Waals surface area contributed by atoms with Crippen LogP contribution in [0.2, 0.25) is 5.02 Å². The number of rotatable bonds is 2. The first kappa shape index (κ1) is 15.6. The fourth-order valence-electron chi connectivity index (χ4n) is 2.35. The van der Waals surface area contributed by atoms with Crippen molar-refractivity contribution in [1.29, 1.82) is 0 Å². The second kappa shape index (κ2) is 5.55. The van der Waals surface area contributed by atoms with Crippen molar-refractivity contribution >= 4 is 23.4 Å². The van der Waals surface area contributed by atoms with Crippen molar-refractivity contribution in [3.8, 4) is 0 Å². The van der Waals surface area contributed by atoms with Gasteiger partial charge in [0.25, 0.3) is 5.91 Å². The molecule has 1 fully saturated rings. The molecule has 0 saturated carbocycles. The Bertz CT molecular complexity index is 589. The van der Waals surface area contributed by atoms with Crippen LogP contribution in [0.1, 0.15) is 28.8 Å². The highest BCUT2D eigenvalue weighted by molar-refractivity contribution is 6.31. The number of hydrogen-bond donors (Lipinski definition) is 1. The molecule has 2 rings (SSSR count). The third-order valence-electron chi connectivity index (χ3n) is 3.36. The van der Waals surface area contributed by atoms with E-state index in [1.165, 1.54) is 11.0 Å². The molecule has 0 radical (unpaired) electrons. The lowest BCUT2D eigenvalue weighted by Gasteiger charge is -2.22. The standard InChI is InChI=1S/C13H12ClF3N2O2/c14-9-4-3-7(6-8(9)13(15,16)17)12(21)19-5-1-2-10(19)11(18)20/h3-4,6,10H,1-2,5H2,(H2,18,20)/t10-/m1/s1. The van der Waals surface area contributed by atoms with Gasteiger partial charge in [0.15, 0.2) is 0 Å². The van der Waals surface area contributed by atoms with E-state index in [1.807, 2.05) is 0 Å². The average molecular weight is 321 g/mol. The highest BCUT2D eigenvalue weighted by Gasteiger charge is 2.36. The average Bonchev–Trinajstić information content (AvgIpc) is 2.86. The molecule has 2 amide bonds. The fraction of sp³-hybridized carbons (Fsp3) is 0.385. The van der Waals surface area contributed by atoms with Crippen molar-refractivity contribution in [2.45, 2.75) is 25.1 Å². The zero-order valence-corrected chi connectivity index (χ0v) is 11.5. The van der Waals surface area contributed by atoms with Crippen molar-refractivity contribution in [1.82, 2.24) is 4.90 Å². The highest BCUT2D eigenvalue weighted by Crippen LogP contribution is 2.35. The minimum absolute atomic E-state index is 0.167. The van der Waals surface area contributed by atoms with E-state index in [1.54, 1.807) is 0 Å². The molecular weight excluding hydrogens is 309 g/mol. The van der Waals surface area contributed by atoms with Crippen LogP contribution >= 0.6 is 11.6 Å². The van der Waals surface area contributed by atoms with Crippen LogP contribution in [0.4, 0.5) is 13.2 Å². The Balaban J connectivity index is 2.34. The van der Waals surface area contributed by atoms with E-state index in [2.05, 4.69) is 0 Å². The molecule has 1 aliphatic heterocycles. The number of amides is 2. The molecule has 1 aliphatic rings. The zero-order valence-electron chi connectivity index (χ0n) is 10.8. The number of carbonyl (C=O) groups excluding carboxylic acids is 2. The SMILES string of the molecule is NC(=O)[C@H]1CCCN1C(=O)c1ccc(Cl)c(C(F)(F)F)c1. The number of nitrogens with two attached hydrogens (primary N) is 1. The number of likely N-dealkylation sites (tertiary alicyclic amines) is 1. The van der Waals surface area contributed by atoms with E-state index in [9.17, 15) is 22.8 Å². The molecule has 2 N–H and O–H groups in total. The Morgan fingerprint density at radius 2 is 2.00 bits per heavy atom. The monoisotopic (exact) mass is 320 g/mol. The predicted molar refractivity (Wildman–Crippen MR) is 69.7 cm³/mol. The van der Waals surface area contributed by atoms with Gasteiger partial charge in [-0.25, -0.2) is 0 Å². The van der Waals surface area contributed by atoms with Crippen molar-refractivity contribution < 1.29 is 22.8 Å². The van der Waals surface area contributed by atoms with Gasteiger partial charge < -0.3 is 10.6 Å². The van der Waals surface area contributed by atoms with Crippen molar-refractivity contribution in [3.63, 3.8) is 0 Å². The first-order valence-electron chi connectivity index (χ1n) is 6.19. The second-order valence-corrected chi connectivity index (χ2v) is 5.16. The summed E-state index contributed by atoms with van der Waals surface area (Å²) in [4.78, 5) is 24.7. The number of carbonyl (C=O) groups is 2. The van der Waals surface area contributed by atoms with E-state index in [0.29, 0.717) is 18.9 Å². The Labute approximate surface area is 123 Å². The lowest BCUT2D eigenvalue weighted by molar-refractivity contribution is -0.137. The molecule has 1 heterocycles. The van der Waals surface area contributed by atoms with Crippen LogP contribution in [-0.2, 0) is 11.0 Å². The minimum atomic E-state index is -4.65. The summed E-state index contributed by atoms with van der Waals surface area (Å²) in [5, 5.41) is -0.480. The summed E-state index contributed by atoms with van der Waals surface area (Å²) in [6, 6.07) is 2.15. The van der Waals surface area contributed by atoms with E-state index in [-0.39, 0.29) is 12.1 Å². The third-order valence-corrected chi connectivity index (χ3v) is 3.69. The van der Waals surface area contributed by atoms with Gasteiger partial charge >= 0.3 is 6.18 Å². The molecule has 21 heavy (non-hydrogen) atoms. The van der Waals surface area contributed by atoms with Crippen LogP contribution in [0, 0.1) is 0 Å². The van der Waals surface area contributed by atoms with E-state index in [0.717, 1.165) is 6.07 Å². The maximum atomic E-state index is 12.8. The molecule has 1 saturated heterocycles. The summed E-state index contributed by atoms with van der Waals surface area (Å²) < 4.78 is 38.4. The molecule has 0 spiro atoms. The maximum absolute atomic E-state index is 12.8. The number of nitrogens with zero attached hydrogens (tertiary/aromatic N) is 1. The van der Waals surface area contributed by atoms with Crippen LogP contribution in [-0.4, -0.2) is 29.3 Å². The largest absolute Gasteiger partial charge is 0.417 e. The van der Waals surface area contributed by atoms with Crippen molar-refractivity contribution in [2.24, 2.45) is 5.73 Å². The smallest absolute Gasteiger partial charge is 0.368 e. The predicted octanol–water partition coefficient (Wildman–Crippen LogP) is 2.45. The lowest BCUT2D eigenvalue weighted by Crippen LogP contribution is -2.43. The summed E-state index contributed by atoms with van der Waals surface area (Å²) in [6.07, 6.45) is -3.65. The number of primary amides is 1. The molecule has 1 aromatic carbocycles. The first-order chi connectivity index (χ1) is 9.71. The molecule has 1 atom stereocenters. The van der Waals surface area contributed by atoms with Gasteiger partial charge in [-0.3, -0.25) is 9.59 Å². The quantitative estimate of drug-likeness (QED) is 0.909. The Morgan fingerprint density at radius 3 is 2.57 bits per heavy atom. The summed E-state index contributed by atoms with van der Waals surface area (Å²) in [6.45, 7) is 0.288. The van der Waals surface area contributed by atoms with Crippen LogP contribution in [0.5, 0.6) is 0 Å². The first-order valence-corrected chi connectivity index (χ1v) is 6.56. The molecule has 1 aromatic rings. The number of hydrogen-bond acceptors (Lipinski definition) is 2. The molecule has 114 valence electrons. The molecular formula is C13H12ClF3N2O2. The van der Waals surface area contributed by atoms with Crippen LogP contribution in [0.15, 0.2) is 18.2 Å². The fourth-order valence-corrected chi connectivity index (χ4v) is 2.57. The summed E-state index contributed by atoms with van der Waals surface area (Å²) >= 11 is 5.51. The molecule has 0 aliphatic carbocycles. The molecule has 0 aromatic heterocycles. The van der Waals surface area contributed by atoms with Crippen LogP contribution in [0.3, 0.4) is 0 Å². The third kappa shape index (κ3) is 3.12. The minimum Gasteiger partial charge on any atom is -0.368 e. The second-order valence-electron chi connectivity index (χ2n) is 4.75. The van der Waals surface area contributed by atoms with E-state index in [4.69, 9.17) is 17.3 Å². The number of benzene rings is 1.